The number of aryl methyl sites for hydroxylation is 1. The highest BCUT2D eigenvalue weighted by Crippen LogP contribution is 2.28. The maximum atomic E-state index is 12.6. The Morgan fingerprint density at radius 1 is 1.20 bits per heavy atom. The summed E-state index contributed by atoms with van der Waals surface area (Å²) in [6.45, 7) is 2.88. The third-order valence-corrected chi connectivity index (χ3v) is 4.94. The van der Waals surface area contributed by atoms with Crippen molar-refractivity contribution in [3.8, 4) is 0 Å². The molecule has 0 aliphatic carbocycles. The highest BCUT2D eigenvalue weighted by molar-refractivity contribution is 6.01. The van der Waals surface area contributed by atoms with Crippen LogP contribution < -0.4 is 15.5 Å². The number of alkyl halides is 3. The first-order chi connectivity index (χ1) is 14.3. The average Bonchev–Trinajstić information content (AvgIpc) is 3.16. The van der Waals surface area contributed by atoms with Gasteiger partial charge in [0, 0.05) is 41.8 Å². The number of urea groups is 1. The van der Waals surface area contributed by atoms with Crippen LogP contribution in [0.1, 0.15) is 17.8 Å². The molecular formula is C20H19F3N6O. The van der Waals surface area contributed by atoms with Crippen molar-refractivity contribution in [1.82, 2.24) is 20.5 Å². The molecule has 0 spiro atoms. The second-order valence-electron chi connectivity index (χ2n) is 7.16. The largest absolute Gasteiger partial charge is 0.435 e. The Bertz CT molecular complexity index is 1070. The molecule has 0 unspecified atom stereocenters. The molecule has 2 amide bonds. The molecule has 2 N–H and O–H groups in total. The number of pyridine rings is 1. The molecule has 4 rings (SSSR count). The molecule has 1 saturated heterocycles. The number of anilines is 2. The molecule has 1 fully saturated rings. The highest BCUT2D eigenvalue weighted by Gasteiger charge is 2.33. The number of carbonyl (C=O) groups is 1. The van der Waals surface area contributed by atoms with Gasteiger partial charge in [0.05, 0.1) is 5.69 Å². The van der Waals surface area contributed by atoms with Crippen LogP contribution in [0.4, 0.5) is 29.5 Å². The summed E-state index contributed by atoms with van der Waals surface area (Å²) < 4.78 is 37.9. The number of carbonyl (C=O) groups excluding carboxylic acids is 1. The summed E-state index contributed by atoms with van der Waals surface area (Å²) in [4.78, 5) is 18.5. The van der Waals surface area contributed by atoms with E-state index in [0.717, 1.165) is 22.5 Å². The number of hydrogen-bond donors (Lipinski definition) is 2. The number of rotatable bonds is 3. The second kappa shape index (κ2) is 7.77. The maximum Gasteiger partial charge on any atom is 0.435 e. The van der Waals surface area contributed by atoms with Crippen molar-refractivity contribution in [1.29, 1.82) is 0 Å². The summed E-state index contributed by atoms with van der Waals surface area (Å²) in [5, 5.41) is 14.5. The van der Waals surface area contributed by atoms with Gasteiger partial charge in [0.2, 0.25) is 0 Å². The van der Waals surface area contributed by atoms with Gasteiger partial charge >= 0.3 is 12.2 Å². The topological polar surface area (TPSA) is 83.0 Å². The monoisotopic (exact) mass is 416 g/mol. The van der Waals surface area contributed by atoms with Gasteiger partial charge in [-0.2, -0.15) is 13.2 Å². The van der Waals surface area contributed by atoms with E-state index in [0.29, 0.717) is 31.0 Å². The molecule has 1 aromatic carbocycles. The number of halogens is 3. The smallest absolute Gasteiger partial charge is 0.353 e. The van der Waals surface area contributed by atoms with E-state index in [1.807, 2.05) is 31.2 Å². The Balaban J connectivity index is 1.38. The van der Waals surface area contributed by atoms with Crippen LogP contribution in [0.3, 0.4) is 0 Å². The number of nitrogens with one attached hydrogen (secondary N) is 2. The SMILES string of the molecule is Cc1cc2c(NC(=O)N[C@@H]3CCN(c4ccc(C(F)(F)F)nn4)C3)cccc2cn1. The van der Waals surface area contributed by atoms with E-state index >= 15 is 0 Å². The van der Waals surface area contributed by atoms with Crippen LogP contribution in [-0.4, -0.2) is 40.3 Å². The molecule has 156 valence electrons. The molecular weight excluding hydrogens is 397 g/mol. The minimum absolute atomic E-state index is 0.160. The fraction of sp³-hybridized carbons (Fsp3) is 0.300. The first-order valence-electron chi connectivity index (χ1n) is 9.38. The fourth-order valence-corrected chi connectivity index (χ4v) is 3.46. The summed E-state index contributed by atoms with van der Waals surface area (Å²) in [7, 11) is 0. The van der Waals surface area contributed by atoms with Gasteiger partial charge in [-0.1, -0.05) is 12.1 Å². The van der Waals surface area contributed by atoms with Crippen LogP contribution in [-0.2, 0) is 6.18 Å². The van der Waals surface area contributed by atoms with E-state index in [9.17, 15) is 18.0 Å². The van der Waals surface area contributed by atoms with Gasteiger partial charge in [0.1, 0.15) is 0 Å². The summed E-state index contributed by atoms with van der Waals surface area (Å²) in [6, 6.07) is 9.19. The number of aromatic nitrogens is 3. The van der Waals surface area contributed by atoms with E-state index in [1.165, 1.54) is 6.07 Å². The predicted molar refractivity (Wildman–Crippen MR) is 106 cm³/mol. The van der Waals surface area contributed by atoms with Gasteiger partial charge in [-0.3, -0.25) is 4.98 Å². The van der Waals surface area contributed by atoms with Gasteiger partial charge in [-0.25, -0.2) is 4.79 Å². The van der Waals surface area contributed by atoms with Crippen LogP contribution in [0.25, 0.3) is 10.8 Å². The van der Waals surface area contributed by atoms with Crippen molar-refractivity contribution < 1.29 is 18.0 Å². The molecule has 7 nitrogen and oxygen atoms in total. The molecule has 10 heteroatoms. The molecule has 1 aliphatic rings. The van der Waals surface area contributed by atoms with Crippen LogP contribution >= 0.6 is 0 Å². The Morgan fingerprint density at radius 3 is 2.77 bits per heavy atom. The second-order valence-corrected chi connectivity index (χ2v) is 7.16. The lowest BCUT2D eigenvalue weighted by Crippen LogP contribution is -2.39. The number of hydrogen-bond acceptors (Lipinski definition) is 5. The molecule has 2 aromatic heterocycles. The first kappa shape index (κ1) is 19.9. The van der Waals surface area contributed by atoms with Crippen molar-refractivity contribution in [3.63, 3.8) is 0 Å². The zero-order valence-electron chi connectivity index (χ0n) is 16.1. The first-order valence-corrected chi connectivity index (χ1v) is 9.38. The van der Waals surface area contributed by atoms with Gasteiger partial charge < -0.3 is 15.5 Å². The lowest BCUT2D eigenvalue weighted by atomic mass is 10.1. The van der Waals surface area contributed by atoms with E-state index in [-0.39, 0.29) is 12.1 Å². The third-order valence-electron chi connectivity index (χ3n) is 4.94. The third kappa shape index (κ3) is 4.27. The lowest BCUT2D eigenvalue weighted by Gasteiger charge is -2.18. The predicted octanol–water partition coefficient (Wildman–Crippen LogP) is 3.75. The molecule has 0 bridgehead atoms. The maximum absolute atomic E-state index is 12.6. The molecule has 0 radical (unpaired) electrons. The lowest BCUT2D eigenvalue weighted by molar-refractivity contribution is -0.141. The minimum atomic E-state index is -4.52. The molecule has 3 aromatic rings. The molecule has 3 heterocycles. The van der Waals surface area contributed by atoms with Gasteiger partial charge in [-0.05, 0) is 37.6 Å². The Morgan fingerprint density at radius 2 is 2.03 bits per heavy atom. The minimum Gasteiger partial charge on any atom is -0.353 e. The summed E-state index contributed by atoms with van der Waals surface area (Å²) in [6.07, 6.45) is -2.11. The van der Waals surface area contributed by atoms with Crippen LogP contribution in [0.15, 0.2) is 42.6 Å². The molecule has 30 heavy (non-hydrogen) atoms. The Kier molecular flexibility index (Phi) is 5.15. The van der Waals surface area contributed by atoms with Crippen molar-refractivity contribution in [2.75, 3.05) is 23.3 Å². The van der Waals surface area contributed by atoms with E-state index < -0.39 is 11.9 Å². The average molecular weight is 416 g/mol. The van der Waals surface area contributed by atoms with Crippen molar-refractivity contribution >= 4 is 28.3 Å². The summed E-state index contributed by atoms with van der Waals surface area (Å²) >= 11 is 0. The number of fused-ring (bicyclic) bond motifs is 1. The van der Waals surface area contributed by atoms with Crippen LogP contribution in [0, 0.1) is 6.92 Å². The summed E-state index contributed by atoms with van der Waals surface area (Å²) in [5.41, 5.74) is 0.500. The van der Waals surface area contributed by atoms with Crippen molar-refractivity contribution in [2.24, 2.45) is 0 Å². The standard InChI is InChI=1S/C20H19F3N6O/c1-12-9-15-13(10-24-12)3-2-4-16(15)26-19(30)25-14-7-8-29(11-14)18-6-5-17(27-28-18)20(21,22)23/h2-6,9-10,14H,7-8,11H2,1H3,(H2,25,26,30)/t14-/m1/s1. The fourth-order valence-electron chi connectivity index (χ4n) is 3.46. The van der Waals surface area contributed by atoms with Gasteiger partial charge in [0.25, 0.3) is 0 Å². The number of nitrogens with zero attached hydrogens (tertiary/aromatic N) is 4. The molecule has 1 atom stereocenters. The Labute approximate surface area is 170 Å². The Hall–Kier alpha value is -3.43. The molecule has 1 aliphatic heterocycles. The zero-order valence-corrected chi connectivity index (χ0v) is 16.1. The van der Waals surface area contributed by atoms with Gasteiger partial charge in [0.15, 0.2) is 11.5 Å². The quantitative estimate of drug-likeness (QED) is 0.680. The molecule has 0 saturated carbocycles. The van der Waals surface area contributed by atoms with Crippen molar-refractivity contribution in [2.45, 2.75) is 25.6 Å². The normalized spacial score (nSPS) is 16.7. The van der Waals surface area contributed by atoms with Crippen LogP contribution in [0.5, 0.6) is 0 Å². The zero-order chi connectivity index (χ0) is 21.3. The van der Waals surface area contributed by atoms with Gasteiger partial charge in [-0.15, -0.1) is 10.2 Å². The van der Waals surface area contributed by atoms with E-state index in [1.54, 1.807) is 11.1 Å². The highest BCUT2D eigenvalue weighted by atomic mass is 19.4. The van der Waals surface area contributed by atoms with E-state index in [2.05, 4.69) is 25.8 Å². The van der Waals surface area contributed by atoms with Crippen molar-refractivity contribution in [3.05, 3.63) is 54.0 Å². The number of benzene rings is 1. The van der Waals surface area contributed by atoms with E-state index in [4.69, 9.17) is 0 Å². The van der Waals surface area contributed by atoms with Crippen LogP contribution in [0.2, 0.25) is 0 Å². The number of amides is 2. The summed E-state index contributed by atoms with van der Waals surface area (Å²) in [5.74, 6) is 0.352.